The van der Waals surface area contributed by atoms with Gasteiger partial charge in [0.2, 0.25) is 5.95 Å². The number of carbonyl (C=O) groups is 1. The van der Waals surface area contributed by atoms with Crippen LogP contribution in [0.25, 0.3) is 22.3 Å². The number of carbonyl (C=O) groups excluding carboxylic acids is 1. The first-order valence-electron chi connectivity index (χ1n) is 12.9. The minimum Gasteiger partial charge on any atom is -0.435 e. The van der Waals surface area contributed by atoms with Gasteiger partial charge in [-0.15, -0.1) is 0 Å². The number of nitrogen functional groups attached to an aromatic ring is 1. The Labute approximate surface area is 240 Å². The Morgan fingerprint density at radius 2 is 1.74 bits per heavy atom. The van der Waals surface area contributed by atoms with Crippen LogP contribution in [0.3, 0.4) is 0 Å². The number of pyridine rings is 1. The normalized spacial score (nSPS) is 19.3. The second kappa shape index (κ2) is 10.9. The molecule has 4 N–H and O–H groups in total. The average molecular weight is 607 g/mol. The summed E-state index contributed by atoms with van der Waals surface area (Å²) in [5.41, 5.74) is 2.26. The standard InChI is InChI=1S/C28H24F6N6O3/c1-36-22-16-10-11-18(37-23(16)39-25(35)38-22)21-17(27(29,30)31)8-5-9-19(21)40-13-12-26(42,15-6-3-2-4-7-15)14-20(40)43-24(41)28(32,33)34/h2-11,20,42H,12-14H2,1H3,(H3,35,36,37,38,39). The highest BCUT2D eigenvalue weighted by Crippen LogP contribution is 2.46. The lowest BCUT2D eigenvalue weighted by Crippen LogP contribution is -2.52. The SMILES string of the molecule is CNc1nc(N)nc2nc(-c3c(N4CCC(O)(c5ccccc5)CC4OC(=O)C(F)(F)F)cccc3C(F)(F)F)ccc12. The predicted octanol–water partition coefficient (Wildman–Crippen LogP) is 5.25. The number of nitrogens with one attached hydrogen (secondary N) is 1. The number of ether oxygens (including phenoxy) is 1. The number of halogens is 6. The van der Waals surface area contributed by atoms with Crippen LogP contribution < -0.4 is 16.0 Å². The fourth-order valence-electron chi connectivity index (χ4n) is 5.17. The number of anilines is 3. The van der Waals surface area contributed by atoms with Crippen molar-refractivity contribution in [3.63, 3.8) is 0 Å². The lowest BCUT2D eigenvalue weighted by atomic mass is 9.83. The highest BCUT2D eigenvalue weighted by Gasteiger charge is 2.48. The zero-order valence-corrected chi connectivity index (χ0v) is 22.4. The third kappa shape index (κ3) is 5.84. The Kier molecular flexibility index (Phi) is 7.54. The number of nitrogens with two attached hydrogens (primary N) is 1. The quantitative estimate of drug-likeness (QED) is 0.206. The first-order chi connectivity index (χ1) is 20.2. The maximum atomic E-state index is 14.4. The third-order valence-electron chi connectivity index (χ3n) is 7.14. The summed E-state index contributed by atoms with van der Waals surface area (Å²) in [5.74, 6) is -2.47. The molecule has 5 rings (SSSR count). The molecule has 1 aliphatic heterocycles. The van der Waals surface area contributed by atoms with Gasteiger partial charge in [-0.2, -0.15) is 36.3 Å². The van der Waals surface area contributed by atoms with Crippen molar-refractivity contribution in [3.05, 3.63) is 71.8 Å². The molecule has 226 valence electrons. The number of piperidine rings is 1. The Bertz CT molecular complexity index is 1670. The van der Waals surface area contributed by atoms with E-state index in [1.807, 2.05) is 0 Å². The molecule has 4 aromatic rings. The smallest absolute Gasteiger partial charge is 0.435 e. The van der Waals surface area contributed by atoms with Gasteiger partial charge in [0.05, 0.1) is 22.2 Å². The molecule has 43 heavy (non-hydrogen) atoms. The van der Waals surface area contributed by atoms with Crippen molar-refractivity contribution in [2.45, 2.75) is 37.0 Å². The number of hydrogen-bond acceptors (Lipinski definition) is 9. The number of esters is 1. The van der Waals surface area contributed by atoms with Crippen molar-refractivity contribution in [1.82, 2.24) is 15.0 Å². The maximum absolute atomic E-state index is 14.4. The summed E-state index contributed by atoms with van der Waals surface area (Å²) in [6.07, 6.45) is -12.8. The first kappa shape index (κ1) is 29.8. The van der Waals surface area contributed by atoms with Gasteiger partial charge in [-0.1, -0.05) is 36.4 Å². The number of alkyl halides is 6. The molecule has 0 bridgehead atoms. The zero-order valence-electron chi connectivity index (χ0n) is 22.4. The highest BCUT2D eigenvalue weighted by atomic mass is 19.4. The first-order valence-corrected chi connectivity index (χ1v) is 12.9. The molecule has 2 unspecified atom stereocenters. The van der Waals surface area contributed by atoms with Gasteiger partial charge in [0.25, 0.3) is 0 Å². The summed E-state index contributed by atoms with van der Waals surface area (Å²) in [4.78, 5) is 25.5. The van der Waals surface area contributed by atoms with Crippen molar-refractivity contribution in [1.29, 1.82) is 0 Å². The van der Waals surface area contributed by atoms with E-state index in [9.17, 15) is 36.2 Å². The van der Waals surface area contributed by atoms with Crippen LogP contribution in [0.1, 0.15) is 24.0 Å². The second-order valence-electron chi connectivity index (χ2n) is 9.85. The number of fused-ring (bicyclic) bond motifs is 1. The molecule has 3 heterocycles. The molecule has 0 amide bonds. The van der Waals surface area contributed by atoms with E-state index in [4.69, 9.17) is 10.5 Å². The van der Waals surface area contributed by atoms with Crippen molar-refractivity contribution in [2.75, 3.05) is 29.5 Å². The van der Waals surface area contributed by atoms with Crippen LogP contribution in [-0.4, -0.2) is 52.0 Å². The molecule has 2 aromatic carbocycles. The van der Waals surface area contributed by atoms with Crippen LogP contribution >= 0.6 is 0 Å². The van der Waals surface area contributed by atoms with E-state index in [2.05, 4.69) is 20.3 Å². The van der Waals surface area contributed by atoms with Gasteiger partial charge < -0.3 is 25.8 Å². The van der Waals surface area contributed by atoms with Crippen molar-refractivity contribution in [3.8, 4) is 11.3 Å². The Morgan fingerprint density at radius 3 is 2.40 bits per heavy atom. The number of hydrogen-bond donors (Lipinski definition) is 3. The molecule has 0 saturated carbocycles. The highest BCUT2D eigenvalue weighted by molar-refractivity contribution is 5.91. The lowest BCUT2D eigenvalue weighted by molar-refractivity contribution is -0.208. The number of rotatable bonds is 5. The minimum absolute atomic E-state index is 0.0329. The third-order valence-corrected chi connectivity index (χ3v) is 7.14. The van der Waals surface area contributed by atoms with Gasteiger partial charge in [0.1, 0.15) is 5.82 Å². The fraction of sp³-hybridized carbons (Fsp3) is 0.286. The van der Waals surface area contributed by atoms with E-state index in [-0.39, 0.29) is 41.8 Å². The van der Waals surface area contributed by atoms with Gasteiger partial charge in [-0.3, -0.25) is 0 Å². The molecule has 2 atom stereocenters. The van der Waals surface area contributed by atoms with Gasteiger partial charge in [0, 0.05) is 31.3 Å². The summed E-state index contributed by atoms with van der Waals surface area (Å²) in [6.45, 7) is -0.276. The van der Waals surface area contributed by atoms with Gasteiger partial charge in [-0.05, 0) is 36.2 Å². The molecule has 1 fully saturated rings. The predicted molar refractivity (Wildman–Crippen MR) is 145 cm³/mol. The van der Waals surface area contributed by atoms with Gasteiger partial charge in [0.15, 0.2) is 11.9 Å². The van der Waals surface area contributed by atoms with Crippen LogP contribution in [0, 0.1) is 0 Å². The van der Waals surface area contributed by atoms with Gasteiger partial charge in [-0.25, -0.2) is 9.78 Å². The molecule has 1 saturated heterocycles. The molecule has 0 spiro atoms. The van der Waals surface area contributed by atoms with Crippen LogP contribution in [0.2, 0.25) is 0 Å². The Balaban J connectivity index is 1.68. The van der Waals surface area contributed by atoms with Gasteiger partial charge >= 0.3 is 18.3 Å². The summed E-state index contributed by atoms with van der Waals surface area (Å²) in [6, 6.07) is 13.9. The van der Waals surface area contributed by atoms with E-state index in [1.165, 1.54) is 18.2 Å². The van der Waals surface area contributed by atoms with E-state index < -0.39 is 47.7 Å². The van der Waals surface area contributed by atoms with Crippen molar-refractivity contribution < 1.29 is 41.0 Å². The number of aliphatic hydroxyl groups is 1. The average Bonchev–Trinajstić information content (AvgIpc) is 2.95. The molecule has 15 heteroatoms. The summed E-state index contributed by atoms with van der Waals surface area (Å²) < 4.78 is 88.0. The largest absolute Gasteiger partial charge is 0.491 e. The lowest BCUT2D eigenvalue weighted by Gasteiger charge is -2.45. The molecule has 9 nitrogen and oxygen atoms in total. The number of nitrogens with zero attached hydrogens (tertiary/aromatic N) is 4. The zero-order chi connectivity index (χ0) is 31.2. The van der Waals surface area contributed by atoms with E-state index in [1.54, 1.807) is 37.4 Å². The fourth-order valence-corrected chi connectivity index (χ4v) is 5.17. The van der Waals surface area contributed by atoms with Crippen molar-refractivity contribution >= 4 is 34.5 Å². The van der Waals surface area contributed by atoms with E-state index >= 15 is 0 Å². The molecule has 0 aliphatic carbocycles. The summed E-state index contributed by atoms with van der Waals surface area (Å²) >= 11 is 0. The number of aromatic nitrogens is 3. The molecule has 2 aromatic heterocycles. The monoisotopic (exact) mass is 606 g/mol. The molecule has 0 radical (unpaired) electrons. The summed E-state index contributed by atoms with van der Waals surface area (Å²) in [5, 5.41) is 14.6. The van der Waals surface area contributed by atoms with Crippen LogP contribution in [-0.2, 0) is 21.3 Å². The van der Waals surface area contributed by atoms with Crippen LogP contribution in [0.5, 0.6) is 0 Å². The second-order valence-corrected chi connectivity index (χ2v) is 9.85. The van der Waals surface area contributed by atoms with Crippen molar-refractivity contribution in [2.24, 2.45) is 0 Å². The minimum atomic E-state index is -5.39. The Hall–Kier alpha value is -4.66. The summed E-state index contributed by atoms with van der Waals surface area (Å²) in [7, 11) is 1.56. The van der Waals surface area contributed by atoms with E-state index in [0.29, 0.717) is 10.9 Å². The van der Waals surface area contributed by atoms with E-state index in [0.717, 1.165) is 17.0 Å². The molecular weight excluding hydrogens is 582 g/mol. The maximum Gasteiger partial charge on any atom is 0.491 e. The van der Waals surface area contributed by atoms with Crippen LogP contribution in [0.15, 0.2) is 60.7 Å². The topological polar surface area (TPSA) is 126 Å². The number of benzene rings is 2. The Morgan fingerprint density at radius 1 is 1.02 bits per heavy atom. The van der Waals surface area contributed by atoms with Crippen LogP contribution in [0.4, 0.5) is 43.8 Å². The molecule has 1 aliphatic rings. The molecular formula is C28H24F6N6O3.